The van der Waals surface area contributed by atoms with Gasteiger partial charge in [-0.15, -0.1) is 0 Å². The molecule has 2 aromatic rings. The zero-order chi connectivity index (χ0) is 12.6. The van der Waals surface area contributed by atoms with E-state index in [9.17, 15) is 0 Å². The molecular formula is C15H21N3. The minimum Gasteiger partial charge on any atom is -0.399 e. The second-order valence-corrected chi connectivity index (χ2v) is 5.99. The molecule has 0 amide bonds. The molecule has 1 aromatic heterocycles. The van der Waals surface area contributed by atoms with Gasteiger partial charge in [-0.1, -0.05) is 26.2 Å². The van der Waals surface area contributed by atoms with Gasteiger partial charge in [0.1, 0.15) is 0 Å². The Labute approximate surface area is 108 Å². The number of anilines is 1. The second-order valence-electron chi connectivity index (χ2n) is 5.99. The number of fused-ring (bicyclic) bond motifs is 1. The SMILES string of the molecule is CC1(Cn2cnc3cc(N)ccc32)CCCCC1. The quantitative estimate of drug-likeness (QED) is 0.819. The van der Waals surface area contributed by atoms with E-state index in [-0.39, 0.29) is 0 Å². The van der Waals surface area contributed by atoms with Crippen LogP contribution < -0.4 is 5.73 Å². The van der Waals surface area contributed by atoms with E-state index in [1.165, 1.54) is 37.6 Å². The predicted octanol–water partition coefficient (Wildman–Crippen LogP) is 3.59. The van der Waals surface area contributed by atoms with Crippen LogP contribution in [0.15, 0.2) is 24.5 Å². The van der Waals surface area contributed by atoms with Gasteiger partial charge in [0.2, 0.25) is 0 Å². The van der Waals surface area contributed by atoms with E-state index < -0.39 is 0 Å². The fraction of sp³-hybridized carbons (Fsp3) is 0.533. The summed E-state index contributed by atoms with van der Waals surface area (Å²) in [7, 11) is 0. The van der Waals surface area contributed by atoms with Crippen molar-refractivity contribution >= 4 is 16.7 Å². The van der Waals surface area contributed by atoms with Crippen LogP contribution in [0.4, 0.5) is 5.69 Å². The molecule has 18 heavy (non-hydrogen) atoms. The van der Waals surface area contributed by atoms with Crippen molar-refractivity contribution in [3.63, 3.8) is 0 Å². The smallest absolute Gasteiger partial charge is 0.0958 e. The average Bonchev–Trinajstić information content (AvgIpc) is 2.72. The third-order valence-corrected chi connectivity index (χ3v) is 4.26. The second kappa shape index (κ2) is 4.30. The van der Waals surface area contributed by atoms with Gasteiger partial charge in [-0.2, -0.15) is 0 Å². The number of benzene rings is 1. The molecule has 96 valence electrons. The van der Waals surface area contributed by atoms with Crippen LogP contribution in [0, 0.1) is 5.41 Å². The first-order chi connectivity index (χ1) is 8.66. The van der Waals surface area contributed by atoms with Crippen molar-refractivity contribution in [3.8, 4) is 0 Å². The molecule has 0 radical (unpaired) electrons. The monoisotopic (exact) mass is 243 g/mol. The molecule has 3 rings (SSSR count). The van der Waals surface area contributed by atoms with E-state index in [1.54, 1.807) is 0 Å². The maximum Gasteiger partial charge on any atom is 0.0958 e. The minimum absolute atomic E-state index is 0.438. The van der Waals surface area contributed by atoms with E-state index in [1.807, 2.05) is 18.5 Å². The lowest BCUT2D eigenvalue weighted by molar-refractivity contribution is 0.185. The average molecular weight is 243 g/mol. The number of aromatic nitrogens is 2. The molecular weight excluding hydrogens is 222 g/mol. The van der Waals surface area contributed by atoms with Crippen LogP contribution in [0.3, 0.4) is 0 Å². The summed E-state index contributed by atoms with van der Waals surface area (Å²) in [6.45, 7) is 3.49. The van der Waals surface area contributed by atoms with Crippen LogP contribution in [-0.2, 0) is 6.54 Å². The highest BCUT2D eigenvalue weighted by molar-refractivity contribution is 5.78. The summed E-state index contributed by atoms with van der Waals surface area (Å²) in [6, 6.07) is 6.00. The van der Waals surface area contributed by atoms with E-state index in [0.717, 1.165) is 17.7 Å². The Morgan fingerprint density at radius 2 is 2.06 bits per heavy atom. The Kier molecular flexibility index (Phi) is 2.77. The van der Waals surface area contributed by atoms with Gasteiger partial charge < -0.3 is 10.3 Å². The standard InChI is InChI=1S/C15H21N3/c1-15(7-3-2-4-8-15)10-18-11-17-13-9-12(16)5-6-14(13)18/h5-6,9,11H,2-4,7-8,10,16H2,1H3. The lowest BCUT2D eigenvalue weighted by Crippen LogP contribution is -2.25. The highest BCUT2D eigenvalue weighted by Gasteiger charge is 2.27. The van der Waals surface area contributed by atoms with Crippen LogP contribution in [0.25, 0.3) is 11.0 Å². The lowest BCUT2D eigenvalue weighted by Gasteiger charge is -2.34. The van der Waals surface area contributed by atoms with Crippen LogP contribution in [0.5, 0.6) is 0 Å². The largest absolute Gasteiger partial charge is 0.399 e. The number of rotatable bonds is 2. The van der Waals surface area contributed by atoms with Gasteiger partial charge in [0.25, 0.3) is 0 Å². The first-order valence-electron chi connectivity index (χ1n) is 6.87. The predicted molar refractivity (Wildman–Crippen MR) is 75.3 cm³/mol. The first kappa shape index (κ1) is 11.6. The molecule has 0 saturated heterocycles. The number of hydrogen-bond donors (Lipinski definition) is 1. The number of hydrogen-bond acceptors (Lipinski definition) is 2. The molecule has 3 nitrogen and oxygen atoms in total. The number of nitrogen functional groups attached to an aromatic ring is 1. The Morgan fingerprint density at radius 3 is 2.83 bits per heavy atom. The summed E-state index contributed by atoms with van der Waals surface area (Å²) in [6.07, 6.45) is 8.77. The Balaban J connectivity index is 1.90. The number of imidazole rings is 1. The van der Waals surface area contributed by atoms with Gasteiger partial charge in [-0.05, 0) is 36.5 Å². The molecule has 1 saturated carbocycles. The minimum atomic E-state index is 0.438. The van der Waals surface area contributed by atoms with E-state index in [2.05, 4.69) is 22.5 Å². The maximum absolute atomic E-state index is 5.79. The lowest BCUT2D eigenvalue weighted by atomic mass is 9.75. The zero-order valence-electron chi connectivity index (χ0n) is 11.0. The fourth-order valence-corrected chi connectivity index (χ4v) is 3.18. The summed E-state index contributed by atoms with van der Waals surface area (Å²) in [5.74, 6) is 0. The molecule has 1 heterocycles. The molecule has 1 aliphatic carbocycles. The topological polar surface area (TPSA) is 43.8 Å². The summed E-state index contributed by atoms with van der Waals surface area (Å²) in [5, 5.41) is 0. The zero-order valence-corrected chi connectivity index (χ0v) is 11.0. The molecule has 0 aliphatic heterocycles. The third-order valence-electron chi connectivity index (χ3n) is 4.26. The molecule has 0 spiro atoms. The summed E-state index contributed by atoms with van der Waals surface area (Å²) in [5.41, 5.74) is 9.23. The van der Waals surface area contributed by atoms with Gasteiger partial charge in [0.05, 0.1) is 17.4 Å². The number of nitrogens with zero attached hydrogens (tertiary/aromatic N) is 2. The van der Waals surface area contributed by atoms with Crippen LogP contribution in [-0.4, -0.2) is 9.55 Å². The van der Waals surface area contributed by atoms with Crippen molar-refractivity contribution in [1.29, 1.82) is 0 Å². The van der Waals surface area contributed by atoms with E-state index in [0.29, 0.717) is 5.41 Å². The Bertz CT molecular complexity index is 550. The molecule has 1 aliphatic rings. The fourth-order valence-electron chi connectivity index (χ4n) is 3.18. The van der Waals surface area contributed by atoms with Crippen molar-refractivity contribution in [2.45, 2.75) is 45.6 Å². The highest BCUT2D eigenvalue weighted by atomic mass is 15.0. The molecule has 0 bridgehead atoms. The maximum atomic E-state index is 5.79. The van der Waals surface area contributed by atoms with Crippen LogP contribution in [0.2, 0.25) is 0 Å². The van der Waals surface area contributed by atoms with Crippen molar-refractivity contribution in [2.75, 3.05) is 5.73 Å². The Morgan fingerprint density at radius 1 is 1.28 bits per heavy atom. The van der Waals surface area contributed by atoms with Gasteiger partial charge in [0, 0.05) is 12.2 Å². The summed E-state index contributed by atoms with van der Waals surface area (Å²) < 4.78 is 2.29. The molecule has 3 heteroatoms. The third kappa shape index (κ3) is 2.09. The first-order valence-corrected chi connectivity index (χ1v) is 6.87. The Hall–Kier alpha value is -1.51. The molecule has 2 N–H and O–H groups in total. The molecule has 0 atom stereocenters. The number of nitrogens with two attached hydrogens (primary N) is 1. The van der Waals surface area contributed by atoms with Gasteiger partial charge in [-0.3, -0.25) is 0 Å². The van der Waals surface area contributed by atoms with E-state index in [4.69, 9.17) is 5.73 Å². The van der Waals surface area contributed by atoms with E-state index >= 15 is 0 Å². The van der Waals surface area contributed by atoms with Gasteiger partial charge in [-0.25, -0.2) is 4.98 Å². The van der Waals surface area contributed by atoms with Gasteiger partial charge >= 0.3 is 0 Å². The van der Waals surface area contributed by atoms with Crippen molar-refractivity contribution in [2.24, 2.45) is 5.41 Å². The molecule has 1 aromatic carbocycles. The summed E-state index contributed by atoms with van der Waals surface area (Å²) in [4.78, 5) is 4.46. The van der Waals surface area contributed by atoms with Crippen molar-refractivity contribution in [3.05, 3.63) is 24.5 Å². The molecule has 1 fully saturated rings. The van der Waals surface area contributed by atoms with Crippen molar-refractivity contribution < 1.29 is 0 Å². The van der Waals surface area contributed by atoms with Crippen LogP contribution >= 0.6 is 0 Å². The van der Waals surface area contributed by atoms with Gasteiger partial charge in [0.15, 0.2) is 0 Å². The highest BCUT2D eigenvalue weighted by Crippen LogP contribution is 2.37. The van der Waals surface area contributed by atoms with Crippen LogP contribution in [0.1, 0.15) is 39.0 Å². The summed E-state index contributed by atoms with van der Waals surface area (Å²) >= 11 is 0. The van der Waals surface area contributed by atoms with Crippen molar-refractivity contribution in [1.82, 2.24) is 9.55 Å². The molecule has 0 unspecified atom stereocenters. The normalized spacial score (nSPS) is 19.2.